The highest BCUT2D eigenvalue weighted by molar-refractivity contribution is 7.11. The lowest BCUT2D eigenvalue weighted by Crippen LogP contribution is -2.28. The molecule has 0 radical (unpaired) electrons. The Balaban J connectivity index is 1.55. The van der Waals surface area contributed by atoms with E-state index in [2.05, 4.69) is 47.9 Å². The zero-order valence-corrected chi connectivity index (χ0v) is 16.3. The fraction of sp³-hybridized carbons (Fsp3) is 0.632. The van der Waals surface area contributed by atoms with Gasteiger partial charge in [0.1, 0.15) is 0 Å². The number of aryl methyl sites for hydroxylation is 2. The summed E-state index contributed by atoms with van der Waals surface area (Å²) in [5.74, 6) is 0. The van der Waals surface area contributed by atoms with Crippen LogP contribution in [0, 0.1) is 13.8 Å². The molecule has 0 aromatic carbocycles. The smallest absolute Gasteiger partial charge is 0.0641 e. The molecule has 0 spiro atoms. The van der Waals surface area contributed by atoms with Crippen molar-refractivity contribution in [2.24, 2.45) is 7.05 Å². The molecule has 0 unspecified atom stereocenters. The Labute approximate surface area is 150 Å². The molecule has 0 atom stereocenters. The Bertz CT molecular complexity index is 667. The highest BCUT2D eigenvalue weighted by Crippen LogP contribution is 2.22. The summed E-state index contributed by atoms with van der Waals surface area (Å²) in [7, 11) is 4.23. The number of thiophene rings is 1. The first-order valence-electron chi connectivity index (χ1n) is 9.00. The molecular weight excluding hydrogens is 316 g/mol. The van der Waals surface area contributed by atoms with Gasteiger partial charge in [0, 0.05) is 47.7 Å². The van der Waals surface area contributed by atoms with E-state index in [1.807, 2.05) is 23.1 Å². The van der Waals surface area contributed by atoms with Gasteiger partial charge >= 0.3 is 0 Å². The van der Waals surface area contributed by atoms with E-state index in [0.29, 0.717) is 0 Å². The lowest BCUT2D eigenvalue weighted by Gasteiger charge is -2.25. The van der Waals surface area contributed by atoms with Crippen molar-refractivity contribution in [3.63, 3.8) is 0 Å². The molecule has 1 fully saturated rings. The van der Waals surface area contributed by atoms with Gasteiger partial charge in [0.15, 0.2) is 0 Å². The predicted molar refractivity (Wildman–Crippen MR) is 101 cm³/mol. The van der Waals surface area contributed by atoms with Gasteiger partial charge in [0.25, 0.3) is 0 Å². The molecule has 3 rings (SSSR count). The fourth-order valence-electron chi connectivity index (χ4n) is 3.57. The first-order valence-corrected chi connectivity index (χ1v) is 9.82. The molecular formula is C19H30N4S. The molecule has 0 N–H and O–H groups in total. The minimum atomic E-state index is 0.963. The Morgan fingerprint density at radius 2 is 1.79 bits per heavy atom. The summed E-state index contributed by atoms with van der Waals surface area (Å²) >= 11 is 1.97. The molecule has 0 aliphatic carbocycles. The van der Waals surface area contributed by atoms with Crippen LogP contribution in [-0.2, 0) is 26.7 Å². The van der Waals surface area contributed by atoms with Crippen LogP contribution in [0.25, 0.3) is 0 Å². The van der Waals surface area contributed by atoms with Crippen LogP contribution in [0.3, 0.4) is 0 Å². The van der Waals surface area contributed by atoms with Gasteiger partial charge in [-0.3, -0.25) is 14.5 Å². The normalized spacial score (nSPS) is 16.2. The molecule has 4 nitrogen and oxygen atoms in total. The SMILES string of the molecule is Cc1nn(C)c(C)c1CN(C)Cc1ccc(CN2CCCCC2)s1. The van der Waals surface area contributed by atoms with Crippen molar-refractivity contribution in [2.75, 3.05) is 20.1 Å². The van der Waals surface area contributed by atoms with Crippen molar-refractivity contribution in [3.8, 4) is 0 Å². The Kier molecular flexibility index (Phi) is 5.74. The van der Waals surface area contributed by atoms with E-state index in [1.165, 1.54) is 53.4 Å². The van der Waals surface area contributed by atoms with Crippen molar-refractivity contribution in [3.05, 3.63) is 38.8 Å². The van der Waals surface area contributed by atoms with E-state index in [4.69, 9.17) is 0 Å². The summed E-state index contributed by atoms with van der Waals surface area (Å²) in [4.78, 5) is 7.97. The number of hydrogen-bond donors (Lipinski definition) is 0. The third-order valence-electron chi connectivity index (χ3n) is 5.06. The van der Waals surface area contributed by atoms with Crippen molar-refractivity contribution in [1.82, 2.24) is 19.6 Å². The van der Waals surface area contributed by atoms with E-state index in [9.17, 15) is 0 Å². The largest absolute Gasteiger partial charge is 0.298 e. The third kappa shape index (κ3) is 4.26. The molecule has 1 aliphatic rings. The molecule has 3 heterocycles. The van der Waals surface area contributed by atoms with Crippen LogP contribution in [0.2, 0.25) is 0 Å². The van der Waals surface area contributed by atoms with Gasteiger partial charge in [-0.15, -0.1) is 11.3 Å². The minimum absolute atomic E-state index is 0.963. The molecule has 1 aliphatic heterocycles. The Morgan fingerprint density at radius 1 is 1.08 bits per heavy atom. The number of nitrogens with zero attached hydrogens (tertiary/aromatic N) is 4. The number of likely N-dealkylation sites (tertiary alicyclic amines) is 1. The maximum atomic E-state index is 4.53. The average molecular weight is 347 g/mol. The van der Waals surface area contributed by atoms with Gasteiger partial charge in [-0.2, -0.15) is 5.10 Å². The fourth-order valence-corrected chi connectivity index (χ4v) is 4.71. The van der Waals surface area contributed by atoms with Gasteiger partial charge < -0.3 is 0 Å². The zero-order valence-electron chi connectivity index (χ0n) is 15.5. The van der Waals surface area contributed by atoms with Gasteiger partial charge in [-0.05, 0) is 59.0 Å². The predicted octanol–water partition coefficient (Wildman–Crippen LogP) is 3.72. The summed E-state index contributed by atoms with van der Waals surface area (Å²) in [6, 6.07) is 4.63. The monoisotopic (exact) mass is 346 g/mol. The minimum Gasteiger partial charge on any atom is -0.298 e. The van der Waals surface area contributed by atoms with Crippen molar-refractivity contribution in [1.29, 1.82) is 0 Å². The zero-order chi connectivity index (χ0) is 17.1. The first kappa shape index (κ1) is 17.6. The molecule has 24 heavy (non-hydrogen) atoms. The van der Waals surface area contributed by atoms with Crippen LogP contribution in [-0.4, -0.2) is 39.7 Å². The van der Waals surface area contributed by atoms with Crippen LogP contribution in [0.5, 0.6) is 0 Å². The van der Waals surface area contributed by atoms with Crippen LogP contribution < -0.4 is 0 Å². The maximum absolute atomic E-state index is 4.53. The number of piperidine rings is 1. The first-order chi connectivity index (χ1) is 11.5. The summed E-state index contributed by atoms with van der Waals surface area (Å²) in [5, 5.41) is 4.53. The lowest BCUT2D eigenvalue weighted by molar-refractivity contribution is 0.222. The van der Waals surface area contributed by atoms with Crippen molar-refractivity contribution in [2.45, 2.75) is 52.7 Å². The summed E-state index contributed by atoms with van der Waals surface area (Å²) in [6.07, 6.45) is 4.14. The molecule has 0 bridgehead atoms. The molecule has 2 aromatic heterocycles. The van der Waals surface area contributed by atoms with Crippen LogP contribution in [0.15, 0.2) is 12.1 Å². The van der Waals surface area contributed by atoms with Gasteiger partial charge in [-0.25, -0.2) is 0 Å². The van der Waals surface area contributed by atoms with E-state index < -0.39 is 0 Å². The van der Waals surface area contributed by atoms with E-state index in [1.54, 1.807) is 0 Å². The molecule has 2 aromatic rings. The molecule has 0 saturated carbocycles. The van der Waals surface area contributed by atoms with Crippen LogP contribution >= 0.6 is 11.3 Å². The number of aromatic nitrogens is 2. The second-order valence-electron chi connectivity index (χ2n) is 7.15. The highest BCUT2D eigenvalue weighted by Gasteiger charge is 2.14. The average Bonchev–Trinajstić information content (AvgIpc) is 3.08. The summed E-state index contributed by atoms with van der Waals surface area (Å²) in [5.41, 5.74) is 3.79. The molecule has 5 heteroatoms. The second kappa shape index (κ2) is 7.81. The number of hydrogen-bond acceptors (Lipinski definition) is 4. The lowest BCUT2D eigenvalue weighted by atomic mass is 10.1. The quantitative estimate of drug-likeness (QED) is 0.797. The van der Waals surface area contributed by atoms with Crippen molar-refractivity contribution < 1.29 is 0 Å². The Morgan fingerprint density at radius 3 is 2.46 bits per heavy atom. The standard InChI is InChI=1S/C19H30N4S/c1-15-19(16(2)22(4)20-15)14-21(3)12-17-8-9-18(24-17)13-23-10-6-5-7-11-23/h8-9H,5-7,10-14H2,1-4H3. The van der Waals surface area contributed by atoms with E-state index in [0.717, 1.165) is 25.3 Å². The molecule has 132 valence electrons. The third-order valence-corrected chi connectivity index (χ3v) is 6.11. The Hall–Kier alpha value is -1.17. The molecule has 0 amide bonds. The van der Waals surface area contributed by atoms with Gasteiger partial charge in [-0.1, -0.05) is 6.42 Å². The maximum Gasteiger partial charge on any atom is 0.0641 e. The summed E-state index contributed by atoms with van der Waals surface area (Å²) < 4.78 is 1.99. The second-order valence-corrected chi connectivity index (χ2v) is 8.40. The van der Waals surface area contributed by atoms with Gasteiger partial charge in [0.05, 0.1) is 5.69 Å². The van der Waals surface area contributed by atoms with Crippen molar-refractivity contribution >= 4 is 11.3 Å². The topological polar surface area (TPSA) is 24.3 Å². The van der Waals surface area contributed by atoms with E-state index >= 15 is 0 Å². The van der Waals surface area contributed by atoms with Gasteiger partial charge in [0.2, 0.25) is 0 Å². The van der Waals surface area contributed by atoms with Crippen LogP contribution in [0.1, 0.15) is 46.0 Å². The van der Waals surface area contributed by atoms with E-state index in [-0.39, 0.29) is 0 Å². The summed E-state index contributed by atoms with van der Waals surface area (Å²) in [6.45, 7) is 9.92. The highest BCUT2D eigenvalue weighted by atomic mass is 32.1. The van der Waals surface area contributed by atoms with Crippen LogP contribution in [0.4, 0.5) is 0 Å². The molecule has 1 saturated heterocycles. The number of rotatable bonds is 6.